The van der Waals surface area contributed by atoms with Crippen molar-refractivity contribution >= 4 is 0 Å². The number of nitrogens with one attached hydrogen (secondary N) is 1. The lowest BCUT2D eigenvalue weighted by Crippen LogP contribution is -2.35. The molecular formula is C23H33N5O. The van der Waals surface area contributed by atoms with Crippen LogP contribution in [0.5, 0.6) is 5.75 Å². The Morgan fingerprint density at radius 3 is 2.69 bits per heavy atom. The van der Waals surface area contributed by atoms with E-state index in [4.69, 9.17) is 4.74 Å². The highest BCUT2D eigenvalue weighted by atomic mass is 16.5. The molecular weight excluding hydrogens is 362 g/mol. The van der Waals surface area contributed by atoms with Crippen LogP contribution in [0, 0.1) is 0 Å². The van der Waals surface area contributed by atoms with Crippen LogP contribution in [-0.2, 0) is 19.5 Å². The predicted octanol–water partition coefficient (Wildman–Crippen LogP) is 3.12. The number of rotatable bonds is 5. The van der Waals surface area contributed by atoms with E-state index in [2.05, 4.69) is 49.2 Å². The predicted molar refractivity (Wildman–Crippen MR) is 113 cm³/mol. The molecule has 1 saturated heterocycles. The molecule has 0 spiro atoms. The van der Waals surface area contributed by atoms with Gasteiger partial charge in [-0.25, -0.2) is 0 Å². The van der Waals surface area contributed by atoms with Gasteiger partial charge in [-0.05, 0) is 62.8 Å². The lowest BCUT2D eigenvalue weighted by Gasteiger charge is -2.32. The molecule has 0 radical (unpaired) electrons. The van der Waals surface area contributed by atoms with Crippen LogP contribution in [0.25, 0.3) is 0 Å². The van der Waals surface area contributed by atoms with Gasteiger partial charge < -0.3 is 14.6 Å². The van der Waals surface area contributed by atoms with Crippen LogP contribution < -0.4 is 10.1 Å². The van der Waals surface area contributed by atoms with Gasteiger partial charge in [0, 0.05) is 45.1 Å². The Hall–Kier alpha value is -1.92. The Balaban J connectivity index is 1.21. The van der Waals surface area contributed by atoms with Crippen LogP contribution >= 0.6 is 0 Å². The number of hydrogen-bond donors (Lipinski definition) is 1. The maximum Gasteiger partial charge on any atom is 0.137 e. The van der Waals surface area contributed by atoms with E-state index < -0.39 is 0 Å². The summed E-state index contributed by atoms with van der Waals surface area (Å²) in [5, 5.41) is 12.6. The van der Waals surface area contributed by atoms with Crippen molar-refractivity contribution in [3.8, 4) is 5.75 Å². The number of ether oxygens (including phenoxy) is 1. The van der Waals surface area contributed by atoms with Crippen molar-refractivity contribution in [2.75, 3.05) is 26.2 Å². The maximum atomic E-state index is 6.11. The fourth-order valence-corrected chi connectivity index (χ4v) is 5.14. The van der Waals surface area contributed by atoms with Gasteiger partial charge >= 0.3 is 0 Å². The summed E-state index contributed by atoms with van der Waals surface area (Å²) in [6.07, 6.45) is 8.90. The van der Waals surface area contributed by atoms with Crippen molar-refractivity contribution in [2.24, 2.45) is 0 Å². The molecule has 1 N–H and O–H groups in total. The molecule has 1 saturated carbocycles. The zero-order valence-electron chi connectivity index (χ0n) is 17.4. The molecule has 156 valence electrons. The van der Waals surface area contributed by atoms with E-state index in [0.29, 0.717) is 12.0 Å². The first-order valence-corrected chi connectivity index (χ1v) is 11.5. The number of fused-ring (bicyclic) bond motifs is 1. The average Bonchev–Trinajstić information content (AvgIpc) is 3.34. The summed E-state index contributed by atoms with van der Waals surface area (Å²) in [7, 11) is 0. The SMILES string of the molecule is c1cc(OC2CCCC2)ccc1CN1CCC[C@H](c2nnc3n2CCNCC3)C1. The van der Waals surface area contributed by atoms with Gasteiger partial charge in [-0.1, -0.05) is 12.1 Å². The minimum atomic E-state index is 0.428. The summed E-state index contributed by atoms with van der Waals surface area (Å²) in [5.41, 5.74) is 1.37. The third-order valence-corrected chi connectivity index (χ3v) is 6.70. The second-order valence-corrected chi connectivity index (χ2v) is 8.87. The molecule has 6 nitrogen and oxygen atoms in total. The highest BCUT2D eigenvalue weighted by Gasteiger charge is 2.27. The van der Waals surface area contributed by atoms with Crippen molar-refractivity contribution in [1.82, 2.24) is 25.0 Å². The number of nitrogens with zero attached hydrogens (tertiary/aromatic N) is 4. The number of benzene rings is 1. The van der Waals surface area contributed by atoms with Gasteiger partial charge in [0.1, 0.15) is 17.4 Å². The minimum absolute atomic E-state index is 0.428. The minimum Gasteiger partial charge on any atom is -0.490 e. The standard InChI is InChI=1S/C23H33N5O/c1-2-6-20(5-1)29-21-9-7-18(8-10-21)16-27-14-3-4-19(17-27)23-26-25-22-11-12-24-13-15-28(22)23/h7-10,19-20,24H,1-6,11-17H2/t19-/m0/s1. The Bertz CT molecular complexity index is 796. The van der Waals surface area contributed by atoms with Gasteiger partial charge in [0.05, 0.1) is 6.10 Å². The van der Waals surface area contributed by atoms with E-state index >= 15 is 0 Å². The average molecular weight is 396 g/mol. The number of hydrogen-bond acceptors (Lipinski definition) is 5. The van der Waals surface area contributed by atoms with E-state index in [1.54, 1.807) is 0 Å². The van der Waals surface area contributed by atoms with Gasteiger partial charge in [-0.3, -0.25) is 4.90 Å². The maximum absolute atomic E-state index is 6.11. The molecule has 6 heteroatoms. The van der Waals surface area contributed by atoms with Crippen molar-refractivity contribution < 1.29 is 4.74 Å². The first kappa shape index (κ1) is 19.1. The summed E-state index contributed by atoms with van der Waals surface area (Å²) in [6.45, 7) is 6.27. The lowest BCUT2D eigenvalue weighted by molar-refractivity contribution is 0.194. The van der Waals surface area contributed by atoms with Crippen LogP contribution in [0.15, 0.2) is 24.3 Å². The molecule has 1 aromatic carbocycles. The van der Waals surface area contributed by atoms with E-state index in [1.807, 2.05) is 0 Å². The van der Waals surface area contributed by atoms with Gasteiger partial charge in [-0.2, -0.15) is 0 Å². The fourth-order valence-electron chi connectivity index (χ4n) is 5.14. The van der Waals surface area contributed by atoms with Crippen LogP contribution in [0.3, 0.4) is 0 Å². The first-order valence-electron chi connectivity index (χ1n) is 11.5. The molecule has 0 amide bonds. The van der Waals surface area contributed by atoms with Gasteiger partial charge in [0.15, 0.2) is 0 Å². The first-order chi connectivity index (χ1) is 14.3. The van der Waals surface area contributed by atoms with E-state index in [9.17, 15) is 0 Å². The Labute approximate surface area is 173 Å². The summed E-state index contributed by atoms with van der Waals surface area (Å²) in [6, 6.07) is 8.78. The second-order valence-electron chi connectivity index (χ2n) is 8.87. The van der Waals surface area contributed by atoms with Crippen LogP contribution in [-0.4, -0.2) is 51.9 Å². The molecule has 0 bridgehead atoms. The van der Waals surface area contributed by atoms with Gasteiger partial charge in [0.25, 0.3) is 0 Å². The monoisotopic (exact) mass is 395 g/mol. The Morgan fingerprint density at radius 2 is 1.83 bits per heavy atom. The van der Waals surface area contributed by atoms with Crippen molar-refractivity contribution in [3.63, 3.8) is 0 Å². The molecule has 5 rings (SSSR count). The molecule has 2 aliphatic heterocycles. The molecule has 3 heterocycles. The molecule has 1 aliphatic carbocycles. The highest BCUT2D eigenvalue weighted by molar-refractivity contribution is 5.27. The molecule has 3 aliphatic rings. The molecule has 2 aromatic rings. The highest BCUT2D eigenvalue weighted by Crippen LogP contribution is 2.28. The van der Waals surface area contributed by atoms with Crippen molar-refractivity contribution in [2.45, 2.75) is 70.1 Å². The summed E-state index contributed by atoms with van der Waals surface area (Å²) < 4.78 is 8.49. The van der Waals surface area contributed by atoms with Crippen LogP contribution in [0.1, 0.15) is 61.7 Å². The molecule has 2 fully saturated rings. The van der Waals surface area contributed by atoms with Crippen molar-refractivity contribution in [1.29, 1.82) is 0 Å². The van der Waals surface area contributed by atoms with Crippen LogP contribution in [0.2, 0.25) is 0 Å². The number of aromatic nitrogens is 3. The van der Waals surface area contributed by atoms with Gasteiger partial charge in [-0.15, -0.1) is 10.2 Å². The third-order valence-electron chi connectivity index (χ3n) is 6.70. The van der Waals surface area contributed by atoms with E-state index in [0.717, 1.165) is 50.7 Å². The number of piperidine rings is 1. The largest absolute Gasteiger partial charge is 0.490 e. The van der Waals surface area contributed by atoms with E-state index in [-0.39, 0.29) is 0 Å². The zero-order chi connectivity index (χ0) is 19.5. The molecule has 1 atom stereocenters. The van der Waals surface area contributed by atoms with Gasteiger partial charge in [0.2, 0.25) is 0 Å². The van der Waals surface area contributed by atoms with E-state index in [1.165, 1.54) is 56.5 Å². The molecule has 29 heavy (non-hydrogen) atoms. The Kier molecular flexibility index (Phi) is 5.81. The van der Waals surface area contributed by atoms with Crippen LogP contribution in [0.4, 0.5) is 0 Å². The summed E-state index contributed by atoms with van der Waals surface area (Å²) in [4.78, 5) is 2.58. The topological polar surface area (TPSA) is 55.2 Å². The smallest absolute Gasteiger partial charge is 0.137 e. The third kappa shape index (κ3) is 4.48. The van der Waals surface area contributed by atoms with Crippen molar-refractivity contribution in [3.05, 3.63) is 41.5 Å². The summed E-state index contributed by atoms with van der Waals surface area (Å²) >= 11 is 0. The molecule has 1 aromatic heterocycles. The summed E-state index contributed by atoms with van der Waals surface area (Å²) in [5.74, 6) is 3.87. The lowest BCUT2D eigenvalue weighted by atomic mass is 9.96. The number of likely N-dealkylation sites (tertiary alicyclic amines) is 1. The normalized spacial score (nSPS) is 23.7. The fraction of sp³-hybridized carbons (Fsp3) is 0.652. The second kappa shape index (κ2) is 8.84. The zero-order valence-corrected chi connectivity index (χ0v) is 17.4. The quantitative estimate of drug-likeness (QED) is 0.843. The molecule has 0 unspecified atom stereocenters. The Morgan fingerprint density at radius 1 is 0.966 bits per heavy atom.